The average Bonchev–Trinajstić information content (AvgIpc) is 2.61. The predicted octanol–water partition coefficient (Wildman–Crippen LogP) is 3.93. The first-order valence-corrected chi connectivity index (χ1v) is 10.6. The van der Waals surface area contributed by atoms with Crippen LogP contribution in [0.2, 0.25) is 0 Å². The molecule has 0 aliphatic carbocycles. The highest BCUT2D eigenvalue weighted by Gasteiger charge is 2.28. The number of benzene rings is 2. The van der Waals surface area contributed by atoms with Gasteiger partial charge in [-0.05, 0) is 50.1 Å². The number of hydrogen-bond acceptors (Lipinski definition) is 5. The van der Waals surface area contributed by atoms with Gasteiger partial charge in [0.1, 0.15) is 5.58 Å². The van der Waals surface area contributed by atoms with Gasteiger partial charge in [-0.25, -0.2) is 13.2 Å². The smallest absolute Gasteiger partial charge is 0.336 e. The van der Waals surface area contributed by atoms with E-state index in [4.69, 9.17) is 4.42 Å². The van der Waals surface area contributed by atoms with E-state index in [0.717, 1.165) is 10.9 Å². The summed E-state index contributed by atoms with van der Waals surface area (Å²) < 4.78 is 28.9. The molecule has 3 aromatic rings. The van der Waals surface area contributed by atoms with Crippen LogP contribution < -0.4 is 5.63 Å². The van der Waals surface area contributed by atoms with E-state index in [9.17, 15) is 18.0 Å². The fourth-order valence-corrected chi connectivity index (χ4v) is 3.81. The molecule has 146 valence electrons. The van der Waals surface area contributed by atoms with Gasteiger partial charge in [0.2, 0.25) is 0 Å². The Labute approximate surface area is 163 Å². The predicted molar refractivity (Wildman–Crippen MR) is 109 cm³/mol. The van der Waals surface area contributed by atoms with Gasteiger partial charge in [-0.1, -0.05) is 30.3 Å². The van der Waals surface area contributed by atoms with Gasteiger partial charge in [-0.15, -0.1) is 0 Å². The molecular weight excluding hydrogens is 376 g/mol. The molecule has 6 heteroatoms. The van der Waals surface area contributed by atoms with Crippen LogP contribution in [0.3, 0.4) is 0 Å². The van der Waals surface area contributed by atoms with Crippen LogP contribution in [0.1, 0.15) is 42.3 Å². The van der Waals surface area contributed by atoms with Gasteiger partial charge in [0.25, 0.3) is 0 Å². The molecule has 0 unspecified atom stereocenters. The lowest BCUT2D eigenvalue weighted by Crippen LogP contribution is -2.29. The first-order chi connectivity index (χ1) is 13.0. The van der Waals surface area contributed by atoms with Crippen molar-refractivity contribution in [3.8, 4) is 0 Å². The normalized spacial score (nSPS) is 12.2. The number of hydrogen-bond donors (Lipinski definition) is 0. The van der Waals surface area contributed by atoms with Gasteiger partial charge >= 0.3 is 5.63 Å². The van der Waals surface area contributed by atoms with Crippen molar-refractivity contribution >= 4 is 26.6 Å². The Balaban J connectivity index is 1.75. The van der Waals surface area contributed by atoms with Crippen molar-refractivity contribution in [3.63, 3.8) is 0 Å². The van der Waals surface area contributed by atoms with E-state index in [-0.39, 0.29) is 18.0 Å². The maximum Gasteiger partial charge on any atom is 0.336 e. The molecule has 0 atom stereocenters. The highest BCUT2D eigenvalue weighted by Crippen LogP contribution is 2.21. The maximum absolute atomic E-state index is 12.6. The molecule has 1 heterocycles. The number of rotatable bonds is 5. The number of sulfone groups is 1. The number of fused-ring (bicyclic) bond motifs is 1. The summed E-state index contributed by atoms with van der Waals surface area (Å²) in [7, 11) is -3.27. The van der Waals surface area contributed by atoms with Crippen molar-refractivity contribution in [1.82, 2.24) is 0 Å². The second kappa shape index (κ2) is 7.36. The fourth-order valence-electron chi connectivity index (χ4n) is 2.74. The third kappa shape index (κ3) is 4.39. The highest BCUT2D eigenvalue weighted by molar-refractivity contribution is 7.91. The van der Waals surface area contributed by atoms with Crippen LogP contribution in [0.4, 0.5) is 0 Å². The zero-order valence-electron chi connectivity index (χ0n) is 16.1. The standard InChI is InChI=1S/C22H22O5S/c1-22(2,3)28(25,26)14-15-4-7-17(8-5-15)19(23)13-16-6-10-20-18(12-16)9-11-21(24)27-20/h4-12H,13-14H2,1-3H3. The van der Waals surface area contributed by atoms with E-state index in [1.807, 2.05) is 6.07 Å². The molecule has 0 amide bonds. The van der Waals surface area contributed by atoms with Crippen molar-refractivity contribution in [2.45, 2.75) is 37.7 Å². The van der Waals surface area contributed by atoms with E-state index in [1.54, 1.807) is 63.2 Å². The zero-order valence-corrected chi connectivity index (χ0v) is 16.9. The molecule has 0 saturated heterocycles. The molecule has 0 aliphatic rings. The quantitative estimate of drug-likeness (QED) is 0.480. The summed E-state index contributed by atoms with van der Waals surface area (Å²) in [5, 5.41) is 0.757. The largest absolute Gasteiger partial charge is 0.423 e. The lowest BCUT2D eigenvalue weighted by Gasteiger charge is -2.19. The molecule has 0 bridgehead atoms. The van der Waals surface area contributed by atoms with Crippen LogP contribution in [0.15, 0.2) is 63.8 Å². The summed E-state index contributed by atoms with van der Waals surface area (Å²) >= 11 is 0. The lowest BCUT2D eigenvalue weighted by molar-refractivity contribution is 0.0993. The number of ketones is 1. The number of carbonyl (C=O) groups excluding carboxylic acids is 1. The van der Waals surface area contributed by atoms with E-state index in [0.29, 0.717) is 16.7 Å². The second-order valence-electron chi connectivity index (χ2n) is 7.79. The summed E-state index contributed by atoms with van der Waals surface area (Å²) in [5.41, 5.74) is 2.06. The monoisotopic (exact) mass is 398 g/mol. The van der Waals surface area contributed by atoms with Gasteiger partial charge in [-0.2, -0.15) is 0 Å². The summed E-state index contributed by atoms with van der Waals surface area (Å²) in [4.78, 5) is 23.8. The highest BCUT2D eigenvalue weighted by atomic mass is 32.2. The SMILES string of the molecule is CC(C)(C)S(=O)(=O)Cc1ccc(C(=O)Cc2ccc3oc(=O)ccc3c2)cc1. The van der Waals surface area contributed by atoms with Crippen molar-refractivity contribution in [2.75, 3.05) is 0 Å². The Kier molecular flexibility index (Phi) is 5.26. The molecule has 0 radical (unpaired) electrons. The first kappa shape index (κ1) is 20.0. The van der Waals surface area contributed by atoms with Crippen LogP contribution >= 0.6 is 0 Å². The lowest BCUT2D eigenvalue weighted by atomic mass is 10.0. The molecule has 0 aliphatic heterocycles. The van der Waals surface area contributed by atoms with E-state index >= 15 is 0 Å². The minimum Gasteiger partial charge on any atom is -0.423 e. The van der Waals surface area contributed by atoms with Gasteiger partial charge < -0.3 is 4.42 Å². The molecule has 28 heavy (non-hydrogen) atoms. The molecule has 5 nitrogen and oxygen atoms in total. The Hall–Kier alpha value is -2.73. The Bertz CT molecular complexity index is 1180. The summed E-state index contributed by atoms with van der Waals surface area (Å²) in [5.74, 6) is -0.122. The zero-order chi connectivity index (χ0) is 20.5. The minimum atomic E-state index is -3.27. The molecule has 0 N–H and O–H groups in total. The summed E-state index contributed by atoms with van der Waals surface area (Å²) in [6.45, 7) is 5.03. The molecule has 2 aromatic carbocycles. The Morgan fingerprint density at radius 3 is 2.21 bits per heavy atom. The number of carbonyl (C=O) groups is 1. The van der Waals surface area contributed by atoms with Crippen molar-refractivity contribution in [2.24, 2.45) is 0 Å². The topological polar surface area (TPSA) is 81.4 Å². The molecule has 0 saturated carbocycles. The van der Waals surface area contributed by atoms with E-state index < -0.39 is 20.2 Å². The molecule has 0 spiro atoms. The van der Waals surface area contributed by atoms with E-state index in [1.165, 1.54) is 6.07 Å². The Morgan fingerprint density at radius 1 is 0.929 bits per heavy atom. The second-order valence-corrected chi connectivity index (χ2v) is 10.5. The molecule has 3 rings (SSSR count). The Morgan fingerprint density at radius 2 is 1.57 bits per heavy atom. The van der Waals surface area contributed by atoms with Gasteiger partial charge in [0.15, 0.2) is 15.6 Å². The third-order valence-corrected chi connectivity index (χ3v) is 7.19. The number of Topliss-reactive ketones (excluding diaryl/α,β-unsaturated/α-hetero) is 1. The maximum atomic E-state index is 12.6. The first-order valence-electron chi connectivity index (χ1n) is 8.92. The third-order valence-electron chi connectivity index (χ3n) is 4.61. The van der Waals surface area contributed by atoms with E-state index in [2.05, 4.69) is 0 Å². The van der Waals surface area contributed by atoms with Crippen molar-refractivity contribution < 1.29 is 17.6 Å². The van der Waals surface area contributed by atoms with Crippen molar-refractivity contribution in [3.05, 3.63) is 81.7 Å². The van der Waals surface area contributed by atoms with Crippen LogP contribution in [0.25, 0.3) is 11.0 Å². The van der Waals surface area contributed by atoms with Crippen LogP contribution in [-0.4, -0.2) is 18.9 Å². The molecule has 0 fully saturated rings. The average molecular weight is 398 g/mol. The van der Waals surface area contributed by atoms with Crippen LogP contribution in [-0.2, 0) is 22.0 Å². The molecule has 1 aromatic heterocycles. The summed E-state index contributed by atoms with van der Waals surface area (Å²) in [6.07, 6.45) is 0.203. The van der Waals surface area contributed by atoms with Gasteiger partial charge in [0.05, 0.1) is 10.5 Å². The van der Waals surface area contributed by atoms with Crippen LogP contribution in [0, 0.1) is 0 Å². The van der Waals surface area contributed by atoms with Crippen LogP contribution in [0.5, 0.6) is 0 Å². The minimum absolute atomic E-state index is 0.0547. The summed E-state index contributed by atoms with van der Waals surface area (Å²) in [6, 6.07) is 15.0. The fraction of sp³-hybridized carbons (Fsp3) is 0.273. The van der Waals surface area contributed by atoms with Gasteiger partial charge in [-0.3, -0.25) is 4.79 Å². The van der Waals surface area contributed by atoms with Gasteiger partial charge in [0, 0.05) is 23.4 Å². The van der Waals surface area contributed by atoms with Crippen molar-refractivity contribution in [1.29, 1.82) is 0 Å². The molecular formula is C22H22O5S.